The number of rotatable bonds is 4. The molecule has 1 aromatic rings. The monoisotopic (exact) mass is 239 g/mol. The van der Waals surface area contributed by atoms with Crippen molar-refractivity contribution in [2.75, 3.05) is 24.2 Å². The van der Waals surface area contributed by atoms with Crippen molar-refractivity contribution in [3.8, 4) is 0 Å². The van der Waals surface area contributed by atoms with Crippen LogP contribution in [-0.2, 0) is 4.79 Å². The molecule has 0 saturated carbocycles. The first-order chi connectivity index (χ1) is 7.90. The molecule has 94 valence electrons. The molecule has 0 aliphatic rings. The van der Waals surface area contributed by atoms with Crippen LogP contribution in [0.3, 0.4) is 0 Å². The predicted octanol–water partition coefficient (Wildman–Crippen LogP) is 1.37. The molecular formula is C12H18FN3O. The summed E-state index contributed by atoms with van der Waals surface area (Å²) in [6.45, 7) is 3.97. The van der Waals surface area contributed by atoms with Crippen molar-refractivity contribution in [2.24, 2.45) is 0 Å². The van der Waals surface area contributed by atoms with Gasteiger partial charge in [0.25, 0.3) is 0 Å². The first kappa shape index (κ1) is 13.3. The number of carbonyl (C=O) groups excluding carboxylic acids is 1. The molecule has 17 heavy (non-hydrogen) atoms. The number of halogens is 1. The van der Waals surface area contributed by atoms with Crippen molar-refractivity contribution < 1.29 is 9.18 Å². The van der Waals surface area contributed by atoms with E-state index >= 15 is 0 Å². The molecular weight excluding hydrogens is 221 g/mol. The predicted molar refractivity (Wildman–Crippen MR) is 67.4 cm³/mol. The molecule has 0 fully saturated rings. The topological polar surface area (TPSA) is 58.4 Å². The molecule has 0 aromatic heterocycles. The molecule has 0 atom stereocenters. The summed E-state index contributed by atoms with van der Waals surface area (Å²) in [5.41, 5.74) is 6.65. The Bertz CT molecular complexity index is 407. The number of hydrogen-bond acceptors (Lipinski definition) is 3. The Morgan fingerprint density at radius 3 is 2.71 bits per heavy atom. The number of nitrogens with zero attached hydrogens (tertiary/aromatic N) is 1. The summed E-state index contributed by atoms with van der Waals surface area (Å²) < 4.78 is 12.9. The lowest BCUT2D eigenvalue weighted by molar-refractivity contribution is -0.120. The summed E-state index contributed by atoms with van der Waals surface area (Å²) in [6.07, 6.45) is 0. The zero-order valence-corrected chi connectivity index (χ0v) is 10.3. The van der Waals surface area contributed by atoms with Crippen LogP contribution < -0.4 is 16.0 Å². The number of hydrogen-bond donors (Lipinski definition) is 2. The highest BCUT2D eigenvalue weighted by atomic mass is 19.1. The Morgan fingerprint density at radius 2 is 2.18 bits per heavy atom. The van der Waals surface area contributed by atoms with Gasteiger partial charge >= 0.3 is 0 Å². The second-order valence-corrected chi connectivity index (χ2v) is 4.28. The summed E-state index contributed by atoms with van der Waals surface area (Å²) >= 11 is 0. The van der Waals surface area contributed by atoms with E-state index in [4.69, 9.17) is 5.73 Å². The van der Waals surface area contributed by atoms with Crippen LogP contribution in [0.25, 0.3) is 0 Å². The molecule has 1 aromatic carbocycles. The van der Waals surface area contributed by atoms with E-state index in [0.29, 0.717) is 11.4 Å². The van der Waals surface area contributed by atoms with Crippen molar-refractivity contribution in [1.82, 2.24) is 5.32 Å². The van der Waals surface area contributed by atoms with Gasteiger partial charge in [0.15, 0.2) is 0 Å². The fourth-order valence-electron chi connectivity index (χ4n) is 1.54. The van der Waals surface area contributed by atoms with E-state index in [2.05, 4.69) is 5.32 Å². The maximum absolute atomic E-state index is 12.9. The third-order valence-electron chi connectivity index (χ3n) is 2.23. The molecule has 5 heteroatoms. The van der Waals surface area contributed by atoms with Gasteiger partial charge in [0.2, 0.25) is 5.91 Å². The van der Waals surface area contributed by atoms with E-state index in [9.17, 15) is 9.18 Å². The molecule has 0 aliphatic carbocycles. The van der Waals surface area contributed by atoms with Gasteiger partial charge in [0.1, 0.15) is 5.82 Å². The number of likely N-dealkylation sites (N-methyl/N-ethyl adjacent to an activating group) is 1. The lowest BCUT2D eigenvalue weighted by atomic mass is 10.2. The Hall–Kier alpha value is -1.78. The van der Waals surface area contributed by atoms with Crippen molar-refractivity contribution >= 4 is 17.3 Å². The first-order valence-electron chi connectivity index (χ1n) is 5.45. The smallest absolute Gasteiger partial charge is 0.239 e. The molecule has 0 radical (unpaired) electrons. The van der Waals surface area contributed by atoms with Crippen LogP contribution in [-0.4, -0.2) is 25.5 Å². The highest BCUT2D eigenvalue weighted by Crippen LogP contribution is 2.22. The number of nitrogens with one attached hydrogen (secondary N) is 1. The molecule has 1 amide bonds. The standard InChI is InChI=1S/C12H18FN3O/c1-8(2)15-12(17)7-16(3)11-5-4-9(13)6-10(11)14/h4-6,8H,7,14H2,1-3H3,(H,15,17). The van der Waals surface area contributed by atoms with Crippen LogP contribution in [0, 0.1) is 5.82 Å². The number of amides is 1. The van der Waals surface area contributed by atoms with E-state index in [1.54, 1.807) is 18.0 Å². The highest BCUT2D eigenvalue weighted by Gasteiger charge is 2.11. The second-order valence-electron chi connectivity index (χ2n) is 4.28. The van der Waals surface area contributed by atoms with Gasteiger partial charge in [-0.1, -0.05) is 0 Å². The number of carbonyl (C=O) groups is 1. The van der Waals surface area contributed by atoms with Crippen molar-refractivity contribution in [1.29, 1.82) is 0 Å². The summed E-state index contributed by atoms with van der Waals surface area (Å²) in [5.74, 6) is -0.475. The van der Waals surface area contributed by atoms with Crippen LogP contribution in [0.5, 0.6) is 0 Å². The largest absolute Gasteiger partial charge is 0.397 e. The fourth-order valence-corrected chi connectivity index (χ4v) is 1.54. The van der Waals surface area contributed by atoms with Gasteiger partial charge in [-0.25, -0.2) is 4.39 Å². The zero-order chi connectivity index (χ0) is 13.0. The first-order valence-corrected chi connectivity index (χ1v) is 5.45. The quantitative estimate of drug-likeness (QED) is 0.780. The average molecular weight is 239 g/mol. The Balaban J connectivity index is 2.69. The number of benzene rings is 1. The van der Waals surface area contributed by atoms with Gasteiger partial charge < -0.3 is 16.0 Å². The molecule has 0 aliphatic heterocycles. The van der Waals surface area contributed by atoms with Crippen LogP contribution >= 0.6 is 0 Å². The van der Waals surface area contributed by atoms with Gasteiger partial charge in [-0.05, 0) is 32.0 Å². The van der Waals surface area contributed by atoms with E-state index in [1.165, 1.54) is 12.1 Å². The zero-order valence-electron chi connectivity index (χ0n) is 10.3. The Morgan fingerprint density at radius 1 is 1.53 bits per heavy atom. The minimum Gasteiger partial charge on any atom is -0.397 e. The maximum atomic E-state index is 12.9. The van der Waals surface area contributed by atoms with Crippen molar-refractivity contribution in [3.05, 3.63) is 24.0 Å². The van der Waals surface area contributed by atoms with E-state index in [0.717, 1.165) is 0 Å². The number of anilines is 2. The Labute approximate surface area is 101 Å². The van der Waals surface area contributed by atoms with Gasteiger partial charge in [0.05, 0.1) is 17.9 Å². The molecule has 0 bridgehead atoms. The van der Waals surface area contributed by atoms with Gasteiger partial charge in [-0.15, -0.1) is 0 Å². The third kappa shape index (κ3) is 3.94. The molecule has 4 nitrogen and oxygen atoms in total. The van der Waals surface area contributed by atoms with E-state index in [1.807, 2.05) is 13.8 Å². The number of nitrogen functional groups attached to an aromatic ring is 1. The minimum absolute atomic E-state index is 0.0915. The SMILES string of the molecule is CC(C)NC(=O)CN(C)c1ccc(F)cc1N. The molecule has 0 spiro atoms. The molecule has 0 heterocycles. The highest BCUT2D eigenvalue weighted by molar-refractivity contribution is 5.83. The van der Waals surface area contributed by atoms with E-state index < -0.39 is 0 Å². The molecule has 0 saturated heterocycles. The lowest BCUT2D eigenvalue weighted by Crippen LogP contribution is -2.38. The van der Waals surface area contributed by atoms with Crippen LogP contribution in [0.2, 0.25) is 0 Å². The number of nitrogens with two attached hydrogens (primary N) is 1. The summed E-state index contributed by atoms with van der Waals surface area (Å²) in [7, 11) is 1.74. The fraction of sp³-hybridized carbons (Fsp3) is 0.417. The van der Waals surface area contributed by atoms with Crippen molar-refractivity contribution in [2.45, 2.75) is 19.9 Å². The summed E-state index contributed by atoms with van der Waals surface area (Å²) in [4.78, 5) is 13.2. The maximum Gasteiger partial charge on any atom is 0.239 e. The van der Waals surface area contributed by atoms with Gasteiger partial charge in [-0.3, -0.25) is 4.79 Å². The van der Waals surface area contributed by atoms with Gasteiger partial charge in [0, 0.05) is 13.1 Å². The van der Waals surface area contributed by atoms with E-state index in [-0.39, 0.29) is 24.3 Å². The average Bonchev–Trinajstić information content (AvgIpc) is 2.15. The summed E-state index contributed by atoms with van der Waals surface area (Å²) in [5, 5.41) is 2.78. The second kappa shape index (κ2) is 5.52. The van der Waals surface area contributed by atoms with Crippen LogP contribution in [0.15, 0.2) is 18.2 Å². The summed E-state index contributed by atoms with van der Waals surface area (Å²) in [6, 6.07) is 4.23. The van der Waals surface area contributed by atoms with Gasteiger partial charge in [-0.2, -0.15) is 0 Å². The lowest BCUT2D eigenvalue weighted by Gasteiger charge is -2.21. The normalized spacial score (nSPS) is 10.4. The molecule has 3 N–H and O–H groups in total. The molecule has 0 unspecified atom stereocenters. The minimum atomic E-state index is -0.383. The van der Waals surface area contributed by atoms with Crippen LogP contribution in [0.1, 0.15) is 13.8 Å². The molecule has 1 rings (SSSR count). The Kier molecular flexibility index (Phi) is 4.31. The third-order valence-corrected chi connectivity index (χ3v) is 2.23. The van der Waals surface area contributed by atoms with Crippen molar-refractivity contribution in [3.63, 3.8) is 0 Å². The van der Waals surface area contributed by atoms with Crippen LogP contribution in [0.4, 0.5) is 15.8 Å².